The average molecular weight is 236 g/mol. The number of aryl methyl sites for hydroxylation is 2. The van der Waals surface area contributed by atoms with Gasteiger partial charge in [0.1, 0.15) is 0 Å². The Kier molecular flexibility index (Phi) is 3.69. The van der Waals surface area contributed by atoms with E-state index in [1.54, 1.807) is 11.3 Å². The lowest BCUT2D eigenvalue weighted by atomic mass is 10.2. The first kappa shape index (κ1) is 11.3. The fraction of sp³-hybridized carbons (Fsp3) is 0.455. The van der Waals surface area contributed by atoms with Crippen molar-refractivity contribution in [1.29, 1.82) is 0 Å². The molecule has 86 valence electrons. The van der Waals surface area contributed by atoms with Crippen LogP contribution in [0.5, 0.6) is 0 Å². The summed E-state index contributed by atoms with van der Waals surface area (Å²) >= 11 is 1.78. The van der Waals surface area contributed by atoms with Crippen LogP contribution >= 0.6 is 11.3 Å². The van der Waals surface area contributed by atoms with Crippen molar-refractivity contribution in [2.45, 2.75) is 33.4 Å². The lowest BCUT2D eigenvalue weighted by Gasteiger charge is -2.00. The van der Waals surface area contributed by atoms with Crippen LogP contribution in [-0.2, 0) is 19.5 Å². The topological polar surface area (TPSA) is 53.6 Å². The largest absolute Gasteiger partial charge is 0.308 e. The molecule has 0 saturated carbocycles. The minimum absolute atomic E-state index is 0.849. The molecule has 16 heavy (non-hydrogen) atoms. The molecule has 0 aliphatic rings. The molecule has 2 rings (SSSR count). The highest BCUT2D eigenvalue weighted by atomic mass is 32.1. The van der Waals surface area contributed by atoms with E-state index < -0.39 is 0 Å². The average Bonchev–Trinajstić information content (AvgIpc) is 2.89. The van der Waals surface area contributed by atoms with E-state index in [0.717, 1.165) is 25.2 Å². The zero-order valence-electron chi connectivity index (χ0n) is 9.58. The second-order valence-electron chi connectivity index (χ2n) is 3.70. The third-order valence-electron chi connectivity index (χ3n) is 2.45. The zero-order chi connectivity index (χ0) is 11.4. The van der Waals surface area contributed by atoms with Gasteiger partial charge in [-0.2, -0.15) is 5.10 Å². The summed E-state index contributed by atoms with van der Waals surface area (Å²) in [5.41, 5.74) is 2.35. The van der Waals surface area contributed by atoms with Crippen molar-refractivity contribution in [2.24, 2.45) is 0 Å². The highest BCUT2D eigenvalue weighted by molar-refractivity contribution is 7.11. The second-order valence-corrected chi connectivity index (χ2v) is 4.90. The van der Waals surface area contributed by atoms with Crippen molar-refractivity contribution in [3.8, 4) is 0 Å². The van der Waals surface area contributed by atoms with Gasteiger partial charge in [0, 0.05) is 35.4 Å². The first-order valence-corrected chi connectivity index (χ1v) is 6.24. The molecular weight excluding hydrogens is 220 g/mol. The summed E-state index contributed by atoms with van der Waals surface area (Å²) in [7, 11) is 0. The van der Waals surface area contributed by atoms with Crippen LogP contribution in [0.2, 0.25) is 0 Å². The summed E-state index contributed by atoms with van der Waals surface area (Å²) in [6, 6.07) is 0. The van der Waals surface area contributed by atoms with Gasteiger partial charge in [0.05, 0.1) is 11.2 Å². The molecule has 0 atom stereocenters. The van der Waals surface area contributed by atoms with Crippen molar-refractivity contribution in [1.82, 2.24) is 20.5 Å². The Morgan fingerprint density at radius 1 is 1.38 bits per heavy atom. The first-order valence-electron chi connectivity index (χ1n) is 5.42. The summed E-state index contributed by atoms with van der Waals surface area (Å²) in [5.74, 6) is 0. The number of aromatic amines is 1. The molecule has 2 N–H and O–H groups in total. The van der Waals surface area contributed by atoms with Crippen molar-refractivity contribution < 1.29 is 0 Å². The molecule has 0 radical (unpaired) electrons. The predicted octanol–water partition coefficient (Wildman–Crippen LogP) is 2.03. The molecule has 0 aliphatic carbocycles. The highest BCUT2D eigenvalue weighted by Crippen LogP contribution is 2.13. The van der Waals surface area contributed by atoms with E-state index in [1.165, 1.54) is 15.4 Å². The Morgan fingerprint density at radius 3 is 2.88 bits per heavy atom. The van der Waals surface area contributed by atoms with E-state index in [9.17, 15) is 0 Å². The van der Waals surface area contributed by atoms with Gasteiger partial charge in [0.25, 0.3) is 0 Å². The number of nitrogens with zero attached hydrogens (tertiary/aromatic N) is 2. The van der Waals surface area contributed by atoms with E-state index >= 15 is 0 Å². The van der Waals surface area contributed by atoms with Crippen LogP contribution in [0.4, 0.5) is 0 Å². The van der Waals surface area contributed by atoms with Crippen molar-refractivity contribution >= 4 is 11.3 Å². The van der Waals surface area contributed by atoms with Gasteiger partial charge in [0.15, 0.2) is 0 Å². The monoisotopic (exact) mass is 236 g/mol. The molecule has 0 spiro atoms. The standard InChI is InChI=1S/C11H16N4S/c1-3-11-13-7-10(16-11)6-12-4-9-5-14-15-8(9)2/h5,7,12H,3-4,6H2,1-2H3,(H,14,15). The SMILES string of the molecule is CCc1ncc(CNCc2cn[nH]c2C)s1. The van der Waals surface area contributed by atoms with Crippen LogP contribution in [0.3, 0.4) is 0 Å². The van der Waals surface area contributed by atoms with Crippen LogP contribution in [0.15, 0.2) is 12.4 Å². The van der Waals surface area contributed by atoms with Gasteiger partial charge in [-0.25, -0.2) is 4.98 Å². The van der Waals surface area contributed by atoms with Crippen LogP contribution in [-0.4, -0.2) is 15.2 Å². The van der Waals surface area contributed by atoms with Gasteiger partial charge in [-0.1, -0.05) is 6.92 Å². The summed E-state index contributed by atoms with van der Waals surface area (Å²) in [6.45, 7) is 5.89. The zero-order valence-corrected chi connectivity index (χ0v) is 10.4. The minimum atomic E-state index is 0.849. The molecule has 0 saturated heterocycles. The van der Waals surface area contributed by atoms with Gasteiger partial charge in [-0.15, -0.1) is 11.3 Å². The molecule has 2 aromatic rings. The number of nitrogens with one attached hydrogen (secondary N) is 2. The quantitative estimate of drug-likeness (QED) is 0.835. The number of hydrogen-bond acceptors (Lipinski definition) is 4. The molecule has 4 nitrogen and oxygen atoms in total. The highest BCUT2D eigenvalue weighted by Gasteiger charge is 2.02. The molecule has 0 amide bonds. The molecule has 5 heteroatoms. The van der Waals surface area contributed by atoms with Gasteiger partial charge >= 0.3 is 0 Å². The normalized spacial score (nSPS) is 10.9. The Hall–Kier alpha value is -1.20. The summed E-state index contributed by atoms with van der Waals surface area (Å²) in [5, 5.41) is 11.5. The molecule has 0 bridgehead atoms. The molecule has 0 fully saturated rings. The Morgan fingerprint density at radius 2 is 2.25 bits per heavy atom. The lowest BCUT2D eigenvalue weighted by Crippen LogP contribution is -2.11. The summed E-state index contributed by atoms with van der Waals surface area (Å²) in [4.78, 5) is 5.62. The summed E-state index contributed by atoms with van der Waals surface area (Å²) in [6.07, 6.45) is 4.84. The number of thiazole rings is 1. The van der Waals surface area contributed by atoms with E-state index in [-0.39, 0.29) is 0 Å². The number of H-pyrrole nitrogens is 1. The molecule has 2 aromatic heterocycles. The fourth-order valence-corrected chi connectivity index (χ4v) is 2.30. The maximum absolute atomic E-state index is 4.33. The van der Waals surface area contributed by atoms with Crippen LogP contribution in [0.25, 0.3) is 0 Å². The number of aromatic nitrogens is 3. The fourth-order valence-electron chi connectivity index (χ4n) is 1.47. The maximum Gasteiger partial charge on any atom is 0.0925 e. The number of rotatable bonds is 5. The first-order chi connectivity index (χ1) is 7.79. The van der Waals surface area contributed by atoms with Crippen LogP contribution in [0, 0.1) is 6.92 Å². The molecular formula is C11H16N4S. The van der Waals surface area contributed by atoms with Crippen LogP contribution in [0.1, 0.15) is 28.1 Å². The van der Waals surface area contributed by atoms with Crippen LogP contribution < -0.4 is 5.32 Å². The van der Waals surface area contributed by atoms with Crippen molar-refractivity contribution in [3.05, 3.63) is 33.5 Å². The Balaban J connectivity index is 1.82. The predicted molar refractivity (Wildman–Crippen MR) is 65.4 cm³/mol. The van der Waals surface area contributed by atoms with Crippen molar-refractivity contribution in [2.75, 3.05) is 0 Å². The maximum atomic E-state index is 4.33. The minimum Gasteiger partial charge on any atom is -0.308 e. The third-order valence-corrected chi connectivity index (χ3v) is 3.59. The molecule has 2 heterocycles. The van der Waals surface area contributed by atoms with Gasteiger partial charge in [0.2, 0.25) is 0 Å². The lowest BCUT2D eigenvalue weighted by molar-refractivity contribution is 0.697. The van der Waals surface area contributed by atoms with E-state index in [4.69, 9.17) is 0 Å². The second kappa shape index (κ2) is 5.23. The summed E-state index contributed by atoms with van der Waals surface area (Å²) < 4.78 is 0. The van der Waals surface area contributed by atoms with Gasteiger partial charge < -0.3 is 5.32 Å². The van der Waals surface area contributed by atoms with Gasteiger partial charge in [-0.05, 0) is 13.3 Å². The van der Waals surface area contributed by atoms with Gasteiger partial charge in [-0.3, -0.25) is 5.10 Å². The smallest absolute Gasteiger partial charge is 0.0925 e. The Labute approximate surface area is 99.1 Å². The van der Waals surface area contributed by atoms with E-state index in [2.05, 4.69) is 27.4 Å². The molecule has 0 aromatic carbocycles. The molecule has 0 aliphatic heterocycles. The number of hydrogen-bond donors (Lipinski definition) is 2. The van der Waals surface area contributed by atoms with E-state index in [1.807, 2.05) is 19.3 Å². The van der Waals surface area contributed by atoms with E-state index in [0.29, 0.717) is 0 Å². The molecule has 0 unspecified atom stereocenters. The third kappa shape index (κ3) is 2.68. The van der Waals surface area contributed by atoms with Crippen molar-refractivity contribution in [3.63, 3.8) is 0 Å². The Bertz CT molecular complexity index is 446.